The van der Waals surface area contributed by atoms with Crippen molar-refractivity contribution >= 4 is 50.7 Å². The number of aromatic nitrogens is 1. The number of rotatable bonds is 8. The molecule has 1 heterocycles. The zero-order chi connectivity index (χ0) is 22.4. The fraction of sp³-hybridized carbons (Fsp3) is 0.150. The van der Waals surface area contributed by atoms with Gasteiger partial charge in [0.15, 0.2) is 6.61 Å². The molecule has 0 bridgehead atoms. The minimum atomic E-state index is -3.89. The monoisotopic (exact) mass is 477 g/mol. The van der Waals surface area contributed by atoms with Crippen molar-refractivity contribution in [1.29, 1.82) is 0 Å². The molecule has 0 unspecified atom stereocenters. The van der Waals surface area contributed by atoms with Gasteiger partial charge in [-0.15, -0.1) is 23.1 Å². The van der Waals surface area contributed by atoms with Gasteiger partial charge in [0.05, 0.1) is 21.2 Å². The van der Waals surface area contributed by atoms with Gasteiger partial charge >= 0.3 is 5.97 Å². The van der Waals surface area contributed by atoms with E-state index < -0.39 is 28.5 Å². The summed E-state index contributed by atoms with van der Waals surface area (Å²) in [4.78, 5) is 29.6. The number of thioether (sulfide) groups is 1. The van der Waals surface area contributed by atoms with Crippen molar-refractivity contribution in [3.05, 3.63) is 70.2 Å². The Balaban J connectivity index is 1.59. The van der Waals surface area contributed by atoms with Gasteiger partial charge in [-0.1, -0.05) is 18.2 Å². The smallest absolute Gasteiger partial charge is 0.339 e. The molecule has 11 heteroatoms. The van der Waals surface area contributed by atoms with Crippen LogP contribution in [0.25, 0.3) is 0 Å². The first-order valence-corrected chi connectivity index (χ1v) is 12.4. The predicted molar refractivity (Wildman–Crippen MR) is 120 cm³/mol. The molecule has 31 heavy (non-hydrogen) atoms. The van der Waals surface area contributed by atoms with E-state index in [2.05, 4.69) is 10.3 Å². The van der Waals surface area contributed by atoms with Crippen LogP contribution < -0.4 is 10.5 Å². The molecule has 8 nitrogen and oxygen atoms in total. The molecule has 2 aromatic carbocycles. The molecule has 0 spiro atoms. The molecule has 0 radical (unpaired) electrons. The summed E-state index contributed by atoms with van der Waals surface area (Å²) in [6.45, 7) is 1.41. The molecule has 0 saturated carbocycles. The third kappa shape index (κ3) is 6.62. The predicted octanol–water partition coefficient (Wildman–Crippen LogP) is 3.19. The van der Waals surface area contributed by atoms with Crippen LogP contribution in [0.15, 0.2) is 63.7 Å². The third-order valence-electron chi connectivity index (χ3n) is 3.93. The van der Waals surface area contributed by atoms with Crippen molar-refractivity contribution in [3.8, 4) is 0 Å². The van der Waals surface area contributed by atoms with E-state index in [0.717, 1.165) is 15.6 Å². The van der Waals surface area contributed by atoms with E-state index in [9.17, 15) is 18.0 Å². The Morgan fingerprint density at radius 2 is 1.97 bits per heavy atom. The summed E-state index contributed by atoms with van der Waals surface area (Å²) in [5.74, 6) is -0.635. The summed E-state index contributed by atoms with van der Waals surface area (Å²) in [5.41, 5.74) is 1.50. The van der Waals surface area contributed by atoms with E-state index in [0.29, 0.717) is 11.3 Å². The maximum absolute atomic E-state index is 12.5. The first-order chi connectivity index (χ1) is 14.7. The van der Waals surface area contributed by atoms with Gasteiger partial charge in [-0.25, -0.2) is 23.3 Å². The SMILES string of the molecule is Cc1nc(CSc2ccccc2C(=O)OCC(=O)Nc2cccc(S(N)(=O)=O)c2)cs1. The number of benzene rings is 2. The molecule has 0 saturated heterocycles. The minimum Gasteiger partial charge on any atom is -0.452 e. The number of primary sulfonamides is 1. The first-order valence-electron chi connectivity index (χ1n) is 8.95. The van der Waals surface area contributed by atoms with Crippen LogP contribution in [0.5, 0.6) is 0 Å². The van der Waals surface area contributed by atoms with Crippen molar-refractivity contribution in [2.24, 2.45) is 5.14 Å². The largest absolute Gasteiger partial charge is 0.452 e. The van der Waals surface area contributed by atoms with E-state index >= 15 is 0 Å². The van der Waals surface area contributed by atoms with E-state index in [-0.39, 0.29) is 10.6 Å². The number of hydrogen-bond donors (Lipinski definition) is 2. The number of carbonyl (C=O) groups is 2. The first kappa shape index (κ1) is 22.9. The molecule has 1 aromatic heterocycles. The number of esters is 1. The minimum absolute atomic E-state index is 0.136. The van der Waals surface area contributed by atoms with Crippen molar-refractivity contribution in [1.82, 2.24) is 4.98 Å². The number of nitrogens with zero attached hydrogens (tertiary/aromatic N) is 1. The number of amides is 1. The van der Waals surface area contributed by atoms with Crippen LogP contribution in [0, 0.1) is 6.92 Å². The average Bonchev–Trinajstić information content (AvgIpc) is 3.15. The molecular formula is C20H19N3O5S3. The number of nitrogens with one attached hydrogen (secondary N) is 1. The van der Waals surface area contributed by atoms with Crippen molar-refractivity contribution in [2.75, 3.05) is 11.9 Å². The average molecular weight is 478 g/mol. The van der Waals surface area contributed by atoms with Crippen LogP contribution in [0.1, 0.15) is 21.1 Å². The second kappa shape index (κ2) is 10.1. The zero-order valence-electron chi connectivity index (χ0n) is 16.4. The summed E-state index contributed by atoms with van der Waals surface area (Å²) in [5, 5.41) is 10.5. The van der Waals surface area contributed by atoms with Gasteiger partial charge in [0.25, 0.3) is 5.91 Å². The maximum Gasteiger partial charge on any atom is 0.339 e. The Bertz CT molecular complexity index is 1210. The number of aryl methyl sites for hydroxylation is 1. The molecule has 0 aliphatic heterocycles. The maximum atomic E-state index is 12.5. The third-order valence-corrected chi connectivity index (χ3v) is 6.77. The van der Waals surface area contributed by atoms with Crippen LogP contribution in [0.4, 0.5) is 5.69 Å². The lowest BCUT2D eigenvalue weighted by Gasteiger charge is -2.10. The Morgan fingerprint density at radius 3 is 2.68 bits per heavy atom. The summed E-state index contributed by atoms with van der Waals surface area (Å²) < 4.78 is 28.0. The molecule has 162 valence electrons. The summed E-state index contributed by atoms with van der Waals surface area (Å²) in [6, 6.07) is 12.4. The summed E-state index contributed by atoms with van der Waals surface area (Å²) in [6.07, 6.45) is 0. The number of thiazole rings is 1. The van der Waals surface area contributed by atoms with Gasteiger partial charge in [0, 0.05) is 21.7 Å². The molecule has 3 N–H and O–H groups in total. The Kier molecular flexibility index (Phi) is 7.44. The highest BCUT2D eigenvalue weighted by molar-refractivity contribution is 7.98. The molecule has 3 aromatic rings. The molecule has 0 aliphatic rings. The highest BCUT2D eigenvalue weighted by Gasteiger charge is 2.16. The molecular weight excluding hydrogens is 458 g/mol. The number of carbonyl (C=O) groups excluding carboxylic acids is 2. The lowest BCUT2D eigenvalue weighted by molar-refractivity contribution is -0.119. The van der Waals surface area contributed by atoms with Crippen LogP contribution in [0.3, 0.4) is 0 Å². The number of nitrogens with two attached hydrogens (primary N) is 1. The molecule has 3 rings (SSSR count). The topological polar surface area (TPSA) is 128 Å². The molecule has 0 fully saturated rings. The zero-order valence-corrected chi connectivity index (χ0v) is 18.9. The molecule has 1 amide bonds. The van der Waals surface area contributed by atoms with Crippen LogP contribution >= 0.6 is 23.1 Å². The highest BCUT2D eigenvalue weighted by Crippen LogP contribution is 2.27. The van der Waals surface area contributed by atoms with E-state index in [1.807, 2.05) is 18.4 Å². The van der Waals surface area contributed by atoms with Gasteiger partial charge in [0.1, 0.15) is 0 Å². The van der Waals surface area contributed by atoms with Gasteiger partial charge in [0.2, 0.25) is 10.0 Å². The number of sulfonamides is 1. The quantitative estimate of drug-likeness (QED) is 0.377. The van der Waals surface area contributed by atoms with Crippen LogP contribution in [-0.2, 0) is 25.3 Å². The van der Waals surface area contributed by atoms with Gasteiger partial charge in [-0.05, 0) is 37.3 Å². The van der Waals surface area contributed by atoms with Crippen LogP contribution in [0.2, 0.25) is 0 Å². The van der Waals surface area contributed by atoms with Gasteiger partial charge in [-0.2, -0.15) is 0 Å². The molecule has 0 aliphatic carbocycles. The Hall–Kier alpha value is -2.73. The lowest BCUT2D eigenvalue weighted by atomic mass is 10.2. The van der Waals surface area contributed by atoms with Gasteiger partial charge in [-0.3, -0.25) is 4.79 Å². The second-order valence-electron chi connectivity index (χ2n) is 6.34. The number of anilines is 1. The lowest BCUT2D eigenvalue weighted by Crippen LogP contribution is -2.21. The fourth-order valence-corrected chi connectivity index (χ4v) is 4.75. The van der Waals surface area contributed by atoms with E-state index in [4.69, 9.17) is 9.88 Å². The van der Waals surface area contributed by atoms with Gasteiger partial charge < -0.3 is 10.1 Å². The Labute approximate surface area is 187 Å². The Morgan fingerprint density at radius 1 is 1.19 bits per heavy atom. The highest BCUT2D eigenvalue weighted by atomic mass is 32.2. The second-order valence-corrected chi connectivity index (χ2v) is 9.98. The number of hydrogen-bond acceptors (Lipinski definition) is 8. The summed E-state index contributed by atoms with van der Waals surface area (Å²) in [7, 11) is -3.89. The van der Waals surface area contributed by atoms with Crippen LogP contribution in [-0.4, -0.2) is 31.9 Å². The summed E-state index contributed by atoms with van der Waals surface area (Å²) >= 11 is 3.02. The normalized spacial score (nSPS) is 11.2. The van der Waals surface area contributed by atoms with Crippen molar-refractivity contribution < 1.29 is 22.7 Å². The van der Waals surface area contributed by atoms with Crippen molar-refractivity contribution in [2.45, 2.75) is 22.5 Å². The standard InChI is InChI=1S/C20H19N3O5S3/c1-13-22-15(11-29-13)12-30-18-8-3-2-7-17(18)20(25)28-10-19(24)23-14-5-4-6-16(9-14)31(21,26)27/h2-9,11H,10,12H2,1H3,(H,23,24)(H2,21,26,27). The van der Waals surface area contributed by atoms with E-state index in [1.165, 1.54) is 36.0 Å². The van der Waals surface area contributed by atoms with E-state index in [1.54, 1.807) is 29.5 Å². The fourth-order valence-electron chi connectivity index (χ4n) is 2.54. The molecule has 0 atom stereocenters. The number of ether oxygens (including phenoxy) is 1. The van der Waals surface area contributed by atoms with Crippen molar-refractivity contribution in [3.63, 3.8) is 0 Å².